The number of aromatic nitrogens is 4. The fraction of sp³-hybridized carbons (Fsp3) is 0.667. The summed E-state index contributed by atoms with van der Waals surface area (Å²) in [4.78, 5) is 13.9. The summed E-state index contributed by atoms with van der Waals surface area (Å²) >= 11 is 0. The number of hydrogen-bond donors (Lipinski definition) is 0. The second kappa shape index (κ2) is 4.86. The first-order chi connectivity index (χ1) is 10.2. The molecule has 2 aromatic heterocycles. The largest absolute Gasteiger partial charge is 0.354 e. The van der Waals surface area contributed by atoms with E-state index >= 15 is 0 Å². The average Bonchev–Trinajstić information content (AvgIpc) is 3.17. The quantitative estimate of drug-likeness (QED) is 0.846. The molecule has 2 atom stereocenters. The predicted molar refractivity (Wildman–Crippen MR) is 82.9 cm³/mol. The van der Waals surface area contributed by atoms with Crippen molar-refractivity contribution < 1.29 is 0 Å². The number of anilines is 2. The second-order valence-corrected chi connectivity index (χ2v) is 6.31. The van der Waals surface area contributed by atoms with Crippen LogP contribution < -0.4 is 9.80 Å². The standard InChI is InChI=1S/C15H22N6/c1-11-5-3-7-19(11)13-9-14(20-8-4-6-12(20)2)21-15(18-13)16-10-17-21/h9-12H,3-8H2,1-2H3/t11-,12+/m0/s1. The van der Waals surface area contributed by atoms with E-state index in [0.717, 1.165) is 24.7 Å². The molecular weight excluding hydrogens is 264 g/mol. The molecule has 0 unspecified atom stereocenters. The van der Waals surface area contributed by atoms with Gasteiger partial charge in [0, 0.05) is 31.2 Å². The summed E-state index contributed by atoms with van der Waals surface area (Å²) in [5.41, 5.74) is 0. The minimum atomic E-state index is 0.559. The van der Waals surface area contributed by atoms with Crippen molar-refractivity contribution in [3.8, 4) is 0 Å². The van der Waals surface area contributed by atoms with Crippen molar-refractivity contribution in [2.75, 3.05) is 22.9 Å². The molecule has 0 N–H and O–H groups in total. The molecule has 0 saturated carbocycles. The Bertz CT molecular complexity index is 651. The number of rotatable bonds is 2. The molecule has 0 aromatic carbocycles. The number of nitrogens with zero attached hydrogens (tertiary/aromatic N) is 6. The van der Waals surface area contributed by atoms with Crippen molar-refractivity contribution in [1.82, 2.24) is 19.6 Å². The summed E-state index contributed by atoms with van der Waals surface area (Å²) < 4.78 is 1.88. The van der Waals surface area contributed by atoms with Crippen LogP contribution in [0.15, 0.2) is 12.4 Å². The summed E-state index contributed by atoms with van der Waals surface area (Å²) in [6.45, 7) is 6.75. The van der Waals surface area contributed by atoms with Gasteiger partial charge in [0.25, 0.3) is 5.78 Å². The zero-order chi connectivity index (χ0) is 14.4. The van der Waals surface area contributed by atoms with Gasteiger partial charge in [0.05, 0.1) is 0 Å². The van der Waals surface area contributed by atoms with Crippen molar-refractivity contribution in [3.63, 3.8) is 0 Å². The van der Waals surface area contributed by atoms with E-state index in [1.54, 1.807) is 6.33 Å². The molecule has 2 saturated heterocycles. The Morgan fingerprint density at radius 1 is 1.05 bits per heavy atom. The Labute approximate surface area is 124 Å². The molecule has 0 radical (unpaired) electrons. The monoisotopic (exact) mass is 286 g/mol. The van der Waals surface area contributed by atoms with Crippen LogP contribution in [0.4, 0.5) is 11.6 Å². The van der Waals surface area contributed by atoms with Crippen molar-refractivity contribution in [2.24, 2.45) is 0 Å². The third-order valence-electron chi connectivity index (χ3n) is 4.91. The Kier molecular flexibility index (Phi) is 2.97. The summed E-state index contributed by atoms with van der Waals surface area (Å²) in [7, 11) is 0. The van der Waals surface area contributed by atoms with Crippen LogP contribution >= 0.6 is 0 Å². The van der Waals surface area contributed by atoms with E-state index in [1.165, 1.54) is 25.7 Å². The highest BCUT2D eigenvalue weighted by Gasteiger charge is 2.27. The van der Waals surface area contributed by atoms with Gasteiger partial charge in [0.2, 0.25) is 0 Å². The lowest BCUT2D eigenvalue weighted by Gasteiger charge is -2.27. The molecule has 6 nitrogen and oxygen atoms in total. The average molecular weight is 286 g/mol. The van der Waals surface area contributed by atoms with Gasteiger partial charge in [-0.2, -0.15) is 19.6 Å². The third kappa shape index (κ3) is 2.04. The van der Waals surface area contributed by atoms with Gasteiger partial charge >= 0.3 is 0 Å². The first-order valence-corrected chi connectivity index (χ1v) is 7.98. The van der Waals surface area contributed by atoms with Crippen molar-refractivity contribution in [2.45, 2.75) is 51.6 Å². The molecule has 2 fully saturated rings. The van der Waals surface area contributed by atoms with Crippen LogP contribution in [0.3, 0.4) is 0 Å². The van der Waals surface area contributed by atoms with E-state index in [2.05, 4.69) is 39.8 Å². The SMILES string of the molecule is C[C@@H]1CCCN1c1cc(N2CCC[C@@H]2C)nc2ncnn12. The summed E-state index contributed by atoms with van der Waals surface area (Å²) in [6, 6.07) is 3.32. The topological polar surface area (TPSA) is 49.6 Å². The molecule has 0 bridgehead atoms. The van der Waals surface area contributed by atoms with Gasteiger partial charge in [0.1, 0.15) is 18.0 Å². The lowest BCUT2D eigenvalue weighted by atomic mass is 10.2. The Morgan fingerprint density at radius 2 is 1.76 bits per heavy atom. The molecule has 4 rings (SSSR count). The Morgan fingerprint density at radius 3 is 2.43 bits per heavy atom. The summed E-state index contributed by atoms with van der Waals surface area (Å²) in [5.74, 6) is 2.90. The van der Waals surface area contributed by atoms with E-state index < -0.39 is 0 Å². The fourth-order valence-electron chi connectivity index (χ4n) is 3.68. The minimum absolute atomic E-state index is 0.559. The van der Waals surface area contributed by atoms with E-state index in [-0.39, 0.29) is 0 Å². The van der Waals surface area contributed by atoms with Crippen LogP contribution in [0.5, 0.6) is 0 Å². The van der Waals surface area contributed by atoms with E-state index in [4.69, 9.17) is 4.98 Å². The maximum Gasteiger partial charge on any atom is 0.256 e. The molecule has 112 valence electrons. The van der Waals surface area contributed by atoms with Crippen LogP contribution in [0, 0.1) is 0 Å². The van der Waals surface area contributed by atoms with Crippen LogP contribution in [0.25, 0.3) is 5.78 Å². The maximum absolute atomic E-state index is 4.71. The zero-order valence-corrected chi connectivity index (χ0v) is 12.7. The molecule has 0 aliphatic carbocycles. The highest BCUT2D eigenvalue weighted by atomic mass is 15.4. The Balaban J connectivity index is 1.82. The summed E-state index contributed by atoms with van der Waals surface area (Å²) in [6.07, 6.45) is 6.58. The normalized spacial score (nSPS) is 26.2. The predicted octanol–water partition coefficient (Wildman–Crippen LogP) is 2.10. The first-order valence-electron chi connectivity index (χ1n) is 7.98. The lowest BCUT2D eigenvalue weighted by Crippen LogP contribution is -2.31. The second-order valence-electron chi connectivity index (χ2n) is 6.31. The lowest BCUT2D eigenvalue weighted by molar-refractivity contribution is 0.704. The van der Waals surface area contributed by atoms with Crippen molar-refractivity contribution in [1.29, 1.82) is 0 Å². The van der Waals surface area contributed by atoms with Gasteiger partial charge in [-0.15, -0.1) is 0 Å². The van der Waals surface area contributed by atoms with Crippen LogP contribution in [-0.2, 0) is 0 Å². The molecule has 4 heterocycles. The van der Waals surface area contributed by atoms with Gasteiger partial charge in [0.15, 0.2) is 0 Å². The molecule has 2 aliphatic heterocycles. The molecule has 21 heavy (non-hydrogen) atoms. The molecule has 2 aromatic rings. The highest BCUT2D eigenvalue weighted by molar-refractivity contribution is 5.58. The van der Waals surface area contributed by atoms with Crippen LogP contribution in [-0.4, -0.2) is 44.8 Å². The highest BCUT2D eigenvalue weighted by Crippen LogP contribution is 2.30. The molecular formula is C15H22N6. The molecule has 6 heteroatoms. The Hall–Kier alpha value is -1.85. The minimum Gasteiger partial charge on any atom is -0.354 e. The van der Waals surface area contributed by atoms with E-state index in [9.17, 15) is 0 Å². The van der Waals surface area contributed by atoms with Crippen LogP contribution in [0.2, 0.25) is 0 Å². The first kappa shape index (κ1) is 12.9. The van der Waals surface area contributed by atoms with Crippen molar-refractivity contribution in [3.05, 3.63) is 12.4 Å². The van der Waals surface area contributed by atoms with Crippen LogP contribution in [0.1, 0.15) is 39.5 Å². The third-order valence-corrected chi connectivity index (χ3v) is 4.91. The number of fused-ring (bicyclic) bond motifs is 1. The molecule has 0 amide bonds. The summed E-state index contributed by atoms with van der Waals surface area (Å²) in [5, 5.41) is 4.37. The zero-order valence-electron chi connectivity index (χ0n) is 12.7. The van der Waals surface area contributed by atoms with Crippen molar-refractivity contribution >= 4 is 17.4 Å². The fourth-order valence-corrected chi connectivity index (χ4v) is 3.68. The van der Waals surface area contributed by atoms with Gasteiger partial charge in [-0.05, 0) is 39.5 Å². The molecule has 2 aliphatic rings. The van der Waals surface area contributed by atoms with Gasteiger partial charge < -0.3 is 9.80 Å². The number of hydrogen-bond acceptors (Lipinski definition) is 5. The molecule has 0 spiro atoms. The van der Waals surface area contributed by atoms with Gasteiger partial charge in [-0.1, -0.05) is 0 Å². The smallest absolute Gasteiger partial charge is 0.256 e. The maximum atomic E-state index is 4.71. The van der Waals surface area contributed by atoms with E-state index in [0.29, 0.717) is 17.9 Å². The van der Waals surface area contributed by atoms with Gasteiger partial charge in [-0.25, -0.2) is 0 Å². The van der Waals surface area contributed by atoms with Gasteiger partial charge in [-0.3, -0.25) is 0 Å². The van der Waals surface area contributed by atoms with E-state index in [1.807, 2.05) is 4.52 Å².